The van der Waals surface area contributed by atoms with E-state index in [1.165, 1.54) is 29.8 Å². The number of halogens is 1. The van der Waals surface area contributed by atoms with Crippen molar-refractivity contribution in [2.24, 2.45) is 0 Å². The van der Waals surface area contributed by atoms with Gasteiger partial charge in [0.05, 0.1) is 17.2 Å². The Morgan fingerprint density at radius 2 is 1.61 bits per heavy atom. The number of amides is 1. The lowest BCUT2D eigenvalue weighted by Gasteiger charge is -2.30. The van der Waals surface area contributed by atoms with Crippen molar-refractivity contribution >= 4 is 33.2 Å². The highest BCUT2D eigenvalue weighted by atomic mass is 35.5. The Hall–Kier alpha value is -3.03. The molecular formula is C28H33ClN2O4S. The van der Waals surface area contributed by atoms with Gasteiger partial charge in [0.2, 0.25) is 5.91 Å². The van der Waals surface area contributed by atoms with E-state index < -0.39 is 22.5 Å². The van der Waals surface area contributed by atoms with Gasteiger partial charge < -0.3 is 10.1 Å². The maximum Gasteiger partial charge on any atom is 0.264 e. The Morgan fingerprint density at radius 3 is 2.25 bits per heavy atom. The molecule has 0 spiro atoms. The van der Waals surface area contributed by atoms with E-state index in [2.05, 4.69) is 31.3 Å². The molecule has 3 aromatic rings. The maximum atomic E-state index is 13.7. The van der Waals surface area contributed by atoms with Gasteiger partial charge in [0.15, 0.2) is 0 Å². The summed E-state index contributed by atoms with van der Waals surface area (Å²) in [5.41, 5.74) is 1.29. The lowest BCUT2D eigenvalue weighted by molar-refractivity contribution is -0.120. The van der Waals surface area contributed by atoms with Crippen LogP contribution < -0.4 is 14.4 Å². The van der Waals surface area contributed by atoms with E-state index in [0.29, 0.717) is 29.5 Å². The van der Waals surface area contributed by atoms with Crippen LogP contribution in [0.5, 0.6) is 5.75 Å². The maximum absolute atomic E-state index is 13.7. The van der Waals surface area contributed by atoms with Crippen molar-refractivity contribution in [2.45, 2.75) is 50.5 Å². The van der Waals surface area contributed by atoms with Crippen molar-refractivity contribution in [1.82, 2.24) is 5.32 Å². The van der Waals surface area contributed by atoms with E-state index in [0.717, 1.165) is 4.31 Å². The zero-order chi connectivity index (χ0) is 26.3. The Balaban J connectivity index is 1.86. The molecule has 36 heavy (non-hydrogen) atoms. The van der Waals surface area contributed by atoms with Crippen molar-refractivity contribution in [3.05, 3.63) is 89.4 Å². The summed E-state index contributed by atoms with van der Waals surface area (Å²) in [6.45, 7) is 7.95. The zero-order valence-corrected chi connectivity index (χ0v) is 22.6. The van der Waals surface area contributed by atoms with Crippen LogP contribution in [0.3, 0.4) is 0 Å². The normalized spacial score (nSPS) is 12.6. The van der Waals surface area contributed by atoms with Gasteiger partial charge in [-0.1, -0.05) is 67.9 Å². The Bertz CT molecular complexity index is 1260. The van der Waals surface area contributed by atoms with E-state index in [4.69, 9.17) is 16.3 Å². The lowest BCUT2D eigenvalue weighted by atomic mass is 9.79. The summed E-state index contributed by atoms with van der Waals surface area (Å²) in [5, 5.41) is 3.40. The number of nitrogens with one attached hydrogen (secondary N) is 1. The summed E-state index contributed by atoms with van der Waals surface area (Å²) in [7, 11) is -4.09. The number of benzene rings is 3. The van der Waals surface area contributed by atoms with Crippen LogP contribution in [0.2, 0.25) is 5.02 Å². The molecule has 8 heteroatoms. The summed E-state index contributed by atoms with van der Waals surface area (Å²) in [5.74, 6) is -0.0289. The average molecular weight is 529 g/mol. The molecule has 0 saturated carbocycles. The van der Waals surface area contributed by atoms with Crippen LogP contribution in [0.25, 0.3) is 0 Å². The average Bonchev–Trinajstić information content (AvgIpc) is 2.83. The minimum atomic E-state index is -4.09. The largest absolute Gasteiger partial charge is 0.492 e. The molecule has 0 saturated heterocycles. The second-order valence-corrected chi connectivity index (χ2v) is 11.6. The molecule has 0 bridgehead atoms. The van der Waals surface area contributed by atoms with Crippen molar-refractivity contribution in [3.63, 3.8) is 0 Å². The van der Waals surface area contributed by atoms with E-state index in [9.17, 15) is 13.2 Å². The predicted octanol–water partition coefficient (Wildman–Crippen LogP) is 5.81. The predicted molar refractivity (Wildman–Crippen MR) is 145 cm³/mol. The quantitative estimate of drug-likeness (QED) is 0.341. The van der Waals surface area contributed by atoms with Crippen LogP contribution in [0.15, 0.2) is 83.8 Å². The van der Waals surface area contributed by atoms with Gasteiger partial charge in [-0.3, -0.25) is 9.10 Å². The minimum absolute atomic E-state index is 0.0317. The number of anilines is 1. The van der Waals surface area contributed by atoms with E-state index in [-0.39, 0.29) is 16.4 Å². The van der Waals surface area contributed by atoms with Gasteiger partial charge in [0.25, 0.3) is 10.0 Å². The fraction of sp³-hybridized carbons (Fsp3) is 0.321. The molecule has 0 aliphatic heterocycles. The first-order valence-electron chi connectivity index (χ1n) is 11.9. The number of hydrogen-bond acceptors (Lipinski definition) is 4. The Kier molecular flexibility index (Phi) is 9.03. The van der Waals surface area contributed by atoms with Gasteiger partial charge in [-0.2, -0.15) is 0 Å². The highest BCUT2D eigenvalue weighted by Gasteiger charge is 2.30. The second kappa shape index (κ2) is 11.8. The first-order valence-corrected chi connectivity index (χ1v) is 13.7. The Labute approximate surface area is 219 Å². The number of para-hydroxylation sites is 2. The molecule has 6 nitrogen and oxygen atoms in total. The monoisotopic (exact) mass is 528 g/mol. The number of hydrogen-bond donors (Lipinski definition) is 1. The highest BCUT2D eigenvalue weighted by molar-refractivity contribution is 7.92. The molecule has 3 rings (SSSR count). The van der Waals surface area contributed by atoms with Gasteiger partial charge in [-0.25, -0.2) is 8.42 Å². The number of carbonyl (C=O) groups excluding carboxylic acids is 1. The molecule has 0 fully saturated rings. The van der Waals surface area contributed by atoms with Crippen LogP contribution in [-0.4, -0.2) is 33.5 Å². The van der Waals surface area contributed by atoms with E-state index in [1.54, 1.807) is 24.3 Å². The molecule has 1 amide bonds. The third kappa shape index (κ3) is 6.80. The molecule has 0 aliphatic rings. The van der Waals surface area contributed by atoms with Crippen molar-refractivity contribution in [1.29, 1.82) is 0 Å². The van der Waals surface area contributed by atoms with Crippen LogP contribution >= 0.6 is 11.6 Å². The molecule has 192 valence electrons. The first kappa shape index (κ1) is 27.6. The summed E-state index contributed by atoms with van der Waals surface area (Å²) < 4.78 is 34.1. The molecule has 1 unspecified atom stereocenters. The third-order valence-electron chi connectivity index (χ3n) is 5.90. The van der Waals surface area contributed by atoms with Crippen molar-refractivity contribution in [2.75, 3.05) is 17.5 Å². The topological polar surface area (TPSA) is 75.7 Å². The van der Waals surface area contributed by atoms with Crippen LogP contribution in [0, 0.1) is 0 Å². The van der Waals surface area contributed by atoms with Crippen molar-refractivity contribution in [3.8, 4) is 5.75 Å². The summed E-state index contributed by atoms with van der Waals surface area (Å²) in [6.07, 6.45) is 0.683. The van der Waals surface area contributed by atoms with E-state index in [1.807, 2.05) is 32.0 Å². The van der Waals surface area contributed by atoms with Crippen LogP contribution in [-0.2, 0) is 20.2 Å². The van der Waals surface area contributed by atoms with Gasteiger partial charge in [-0.15, -0.1) is 0 Å². The highest BCUT2D eigenvalue weighted by Crippen LogP contribution is 2.33. The van der Waals surface area contributed by atoms with Gasteiger partial charge in [-0.05, 0) is 67.6 Å². The van der Waals surface area contributed by atoms with E-state index >= 15 is 0 Å². The summed E-state index contributed by atoms with van der Waals surface area (Å²) in [4.78, 5) is 13.2. The van der Waals surface area contributed by atoms with Crippen molar-refractivity contribution < 1.29 is 17.9 Å². The second-order valence-electron chi connectivity index (χ2n) is 9.29. The SMILES string of the molecule is CCOc1ccccc1N(CC(=O)NC(C)CC(C)(C)c1ccccc1)S(=O)(=O)c1ccc(Cl)cc1. The molecule has 0 aliphatic carbocycles. The fourth-order valence-corrected chi connectivity index (χ4v) is 5.81. The summed E-state index contributed by atoms with van der Waals surface area (Å²) >= 11 is 5.97. The summed E-state index contributed by atoms with van der Waals surface area (Å²) in [6, 6.07) is 22.6. The molecule has 1 N–H and O–H groups in total. The number of nitrogens with zero attached hydrogens (tertiary/aromatic N) is 1. The number of carbonyl (C=O) groups is 1. The number of sulfonamides is 1. The molecule has 0 heterocycles. The third-order valence-corrected chi connectivity index (χ3v) is 7.93. The smallest absolute Gasteiger partial charge is 0.264 e. The molecule has 0 radical (unpaired) electrons. The number of ether oxygens (including phenoxy) is 1. The molecule has 3 aromatic carbocycles. The molecule has 1 atom stereocenters. The zero-order valence-electron chi connectivity index (χ0n) is 21.1. The van der Waals surface area contributed by atoms with Crippen LogP contribution in [0.4, 0.5) is 5.69 Å². The van der Waals surface area contributed by atoms with Gasteiger partial charge in [0.1, 0.15) is 12.3 Å². The molecule has 0 aromatic heterocycles. The minimum Gasteiger partial charge on any atom is -0.492 e. The van der Waals surface area contributed by atoms with Gasteiger partial charge in [0, 0.05) is 11.1 Å². The first-order chi connectivity index (χ1) is 17.0. The van der Waals surface area contributed by atoms with Crippen LogP contribution in [0.1, 0.15) is 39.7 Å². The lowest BCUT2D eigenvalue weighted by Crippen LogP contribution is -2.45. The standard InChI is InChI=1S/C28H33ClN2O4S/c1-5-35-26-14-10-9-13-25(26)31(36(33,34)24-17-15-23(29)16-18-24)20-27(32)30-21(2)19-28(3,4)22-11-7-6-8-12-22/h6-18,21H,5,19-20H2,1-4H3,(H,30,32). The Morgan fingerprint density at radius 1 is 1.00 bits per heavy atom. The molecular weight excluding hydrogens is 496 g/mol. The van der Waals surface area contributed by atoms with Gasteiger partial charge >= 0.3 is 0 Å². The fourth-order valence-electron chi connectivity index (χ4n) is 4.25. The number of rotatable bonds is 11.